The van der Waals surface area contributed by atoms with Gasteiger partial charge in [-0.1, -0.05) is 18.2 Å². The Bertz CT molecular complexity index is 1370. The molecule has 0 saturated carbocycles. The molecule has 3 aliphatic rings. The number of hydrogen-bond donors (Lipinski definition) is 3. The molecule has 1 atom stereocenters. The highest BCUT2D eigenvalue weighted by Gasteiger charge is 2.32. The molecule has 3 N–H and O–H groups in total. The number of anilines is 2. The van der Waals surface area contributed by atoms with Crippen LogP contribution in [0.25, 0.3) is 11.3 Å². The summed E-state index contributed by atoms with van der Waals surface area (Å²) in [6.45, 7) is 3.74. The first-order chi connectivity index (χ1) is 19.0. The Morgan fingerprint density at radius 2 is 1.92 bits per heavy atom. The second-order valence-electron chi connectivity index (χ2n) is 10.9. The number of aromatic nitrogens is 2. The lowest BCUT2D eigenvalue weighted by molar-refractivity contribution is -0.125. The van der Waals surface area contributed by atoms with Crippen LogP contribution in [0.3, 0.4) is 0 Å². The van der Waals surface area contributed by atoms with E-state index in [1.54, 1.807) is 6.20 Å². The number of hydrogen-bond acceptors (Lipinski definition) is 7. The molecule has 9 nitrogen and oxygen atoms in total. The number of amides is 2. The van der Waals surface area contributed by atoms with Crippen molar-refractivity contribution in [3.8, 4) is 11.3 Å². The minimum Gasteiger partial charge on any atom is -0.351 e. The van der Waals surface area contributed by atoms with Crippen LogP contribution in [0.4, 0.5) is 11.6 Å². The summed E-state index contributed by atoms with van der Waals surface area (Å²) in [6.07, 6.45) is 5.38. The van der Waals surface area contributed by atoms with Crippen LogP contribution in [-0.2, 0) is 17.9 Å². The average Bonchev–Trinajstić information content (AvgIpc) is 3.41. The molecule has 39 heavy (non-hydrogen) atoms. The molecule has 0 radical (unpaired) electrons. The standard InChI is InChI=1S/C30H35N7O2/c1-36-14-10-23(11-15-36)33-28(38)25-8-7-24-17-22(25)19-37-13-3-6-27(37)29(39)32-18-20-4-2-5-21(16-20)26-9-12-31-30(34-24)35-26/h2,4-5,7-9,12,16-17,23,27H,3,6,10-11,13-15,18-19H2,1H3,(H,32,39)(H,33,38)(H,31,34,35)/t27-/m0/s1. The van der Waals surface area contributed by atoms with Gasteiger partial charge in [0.1, 0.15) is 0 Å². The number of nitrogens with one attached hydrogen (secondary N) is 3. The van der Waals surface area contributed by atoms with Gasteiger partial charge in [0.25, 0.3) is 5.91 Å². The van der Waals surface area contributed by atoms with E-state index in [-0.39, 0.29) is 23.9 Å². The predicted molar refractivity (Wildman–Crippen MR) is 150 cm³/mol. The lowest BCUT2D eigenvalue weighted by Crippen LogP contribution is -2.44. The van der Waals surface area contributed by atoms with E-state index in [0.29, 0.717) is 24.6 Å². The molecule has 1 aromatic heterocycles. The number of rotatable bonds is 2. The second-order valence-corrected chi connectivity index (χ2v) is 10.9. The van der Waals surface area contributed by atoms with Crippen LogP contribution in [-0.4, -0.2) is 70.3 Å². The molecule has 6 rings (SSSR count). The van der Waals surface area contributed by atoms with Crippen LogP contribution in [0.2, 0.25) is 0 Å². The maximum atomic E-state index is 13.5. The zero-order chi connectivity index (χ0) is 26.8. The molecular formula is C30H35N7O2. The van der Waals surface area contributed by atoms with Crippen molar-refractivity contribution in [2.75, 3.05) is 32.0 Å². The van der Waals surface area contributed by atoms with Crippen LogP contribution in [0, 0.1) is 0 Å². The molecule has 2 aromatic carbocycles. The number of fused-ring (bicyclic) bond motifs is 8. The molecule has 2 amide bonds. The maximum Gasteiger partial charge on any atom is 0.251 e. The van der Waals surface area contributed by atoms with Crippen LogP contribution < -0.4 is 16.0 Å². The Morgan fingerprint density at radius 1 is 1.05 bits per heavy atom. The molecule has 0 spiro atoms. The Balaban J connectivity index is 1.34. The Labute approximate surface area is 229 Å². The summed E-state index contributed by atoms with van der Waals surface area (Å²) in [5.74, 6) is 0.463. The van der Waals surface area contributed by atoms with Gasteiger partial charge in [-0.25, -0.2) is 9.97 Å². The first kappa shape index (κ1) is 25.5. The molecule has 3 aromatic rings. The van der Waals surface area contributed by atoms with Crippen LogP contribution in [0.5, 0.6) is 0 Å². The van der Waals surface area contributed by atoms with E-state index >= 15 is 0 Å². The van der Waals surface area contributed by atoms with E-state index in [4.69, 9.17) is 4.98 Å². The number of benzene rings is 2. The molecule has 0 aliphatic carbocycles. The summed E-state index contributed by atoms with van der Waals surface area (Å²) in [4.78, 5) is 40.4. The molecule has 9 heteroatoms. The van der Waals surface area contributed by atoms with E-state index in [2.05, 4.69) is 43.8 Å². The highest BCUT2D eigenvalue weighted by Crippen LogP contribution is 2.27. The van der Waals surface area contributed by atoms with Gasteiger partial charge in [0.05, 0.1) is 11.7 Å². The first-order valence-corrected chi connectivity index (χ1v) is 13.9. The van der Waals surface area contributed by atoms with Gasteiger partial charge in [0, 0.05) is 42.1 Å². The Kier molecular flexibility index (Phi) is 7.26. The maximum absolute atomic E-state index is 13.5. The number of carbonyl (C=O) groups is 2. The third-order valence-electron chi connectivity index (χ3n) is 8.04. The Hall–Kier alpha value is -3.82. The largest absolute Gasteiger partial charge is 0.351 e. The van der Waals surface area contributed by atoms with Gasteiger partial charge in [0.15, 0.2) is 0 Å². The lowest BCUT2D eigenvalue weighted by Gasteiger charge is -2.30. The van der Waals surface area contributed by atoms with E-state index in [1.807, 2.05) is 42.5 Å². The summed E-state index contributed by atoms with van der Waals surface area (Å²) in [5, 5.41) is 9.74. The fourth-order valence-corrected chi connectivity index (χ4v) is 5.83. The van der Waals surface area contributed by atoms with Crippen molar-refractivity contribution in [1.82, 2.24) is 30.4 Å². The third-order valence-corrected chi connectivity index (χ3v) is 8.04. The molecule has 4 heterocycles. The van der Waals surface area contributed by atoms with Gasteiger partial charge in [-0.2, -0.15) is 0 Å². The lowest BCUT2D eigenvalue weighted by atomic mass is 10.0. The Morgan fingerprint density at radius 3 is 2.79 bits per heavy atom. The normalized spacial score (nSPS) is 20.5. The topological polar surface area (TPSA) is 102 Å². The van der Waals surface area contributed by atoms with Gasteiger partial charge < -0.3 is 20.9 Å². The van der Waals surface area contributed by atoms with Crippen LogP contribution in [0.15, 0.2) is 54.7 Å². The first-order valence-electron chi connectivity index (χ1n) is 13.9. The SMILES string of the molecule is CN1CCC(NC(=O)c2ccc3cc2CN2CCC[C@H]2C(=O)NCc2cccc(c2)-c2ccnc(n2)N3)CC1. The van der Waals surface area contributed by atoms with Crippen molar-refractivity contribution < 1.29 is 9.59 Å². The smallest absolute Gasteiger partial charge is 0.251 e. The third kappa shape index (κ3) is 5.79. The molecular weight excluding hydrogens is 490 g/mol. The van der Waals surface area contributed by atoms with Crippen molar-refractivity contribution in [3.63, 3.8) is 0 Å². The van der Waals surface area contributed by atoms with E-state index in [0.717, 1.165) is 73.4 Å². The zero-order valence-electron chi connectivity index (χ0n) is 22.3. The van der Waals surface area contributed by atoms with Gasteiger partial charge in [-0.15, -0.1) is 0 Å². The molecule has 0 unspecified atom stereocenters. The summed E-state index contributed by atoms with van der Waals surface area (Å²) < 4.78 is 0. The van der Waals surface area contributed by atoms with Gasteiger partial charge in [0.2, 0.25) is 11.9 Å². The van der Waals surface area contributed by atoms with Crippen molar-refractivity contribution in [1.29, 1.82) is 0 Å². The summed E-state index contributed by atoms with van der Waals surface area (Å²) in [7, 11) is 2.11. The highest BCUT2D eigenvalue weighted by molar-refractivity contribution is 5.96. The van der Waals surface area contributed by atoms with Crippen molar-refractivity contribution in [2.24, 2.45) is 0 Å². The molecule has 2 saturated heterocycles. The van der Waals surface area contributed by atoms with Gasteiger partial charge in [-0.3, -0.25) is 14.5 Å². The summed E-state index contributed by atoms with van der Waals surface area (Å²) in [5.41, 5.74) is 5.12. The number of likely N-dealkylation sites (tertiary alicyclic amines) is 1. The van der Waals surface area contributed by atoms with Crippen LogP contribution >= 0.6 is 0 Å². The fraction of sp³-hybridized carbons (Fsp3) is 0.400. The van der Waals surface area contributed by atoms with Crippen LogP contribution in [0.1, 0.15) is 47.2 Å². The van der Waals surface area contributed by atoms with Gasteiger partial charge in [-0.05, 0) is 93.8 Å². The van der Waals surface area contributed by atoms with E-state index in [9.17, 15) is 9.59 Å². The quantitative estimate of drug-likeness (QED) is 0.472. The number of piperidine rings is 1. The molecule has 3 aliphatic heterocycles. The number of carbonyl (C=O) groups excluding carboxylic acids is 2. The summed E-state index contributed by atoms with van der Waals surface area (Å²) >= 11 is 0. The minimum absolute atomic E-state index is 0.0286. The minimum atomic E-state index is -0.224. The number of nitrogens with zero attached hydrogens (tertiary/aromatic N) is 4. The summed E-state index contributed by atoms with van der Waals surface area (Å²) in [6, 6.07) is 15.7. The highest BCUT2D eigenvalue weighted by atomic mass is 16.2. The van der Waals surface area contributed by atoms with E-state index in [1.165, 1.54) is 0 Å². The van der Waals surface area contributed by atoms with Crippen molar-refractivity contribution in [2.45, 2.75) is 50.9 Å². The van der Waals surface area contributed by atoms with E-state index < -0.39 is 0 Å². The monoisotopic (exact) mass is 525 g/mol. The predicted octanol–water partition coefficient (Wildman–Crippen LogP) is 3.31. The fourth-order valence-electron chi connectivity index (χ4n) is 5.83. The zero-order valence-corrected chi connectivity index (χ0v) is 22.3. The molecule has 6 bridgehead atoms. The average molecular weight is 526 g/mol. The molecule has 202 valence electrons. The second kappa shape index (κ2) is 11.1. The molecule has 2 fully saturated rings. The van der Waals surface area contributed by atoms with Gasteiger partial charge >= 0.3 is 0 Å². The van der Waals surface area contributed by atoms with Crippen molar-refractivity contribution in [3.05, 3.63) is 71.4 Å². The van der Waals surface area contributed by atoms with Crippen molar-refractivity contribution >= 4 is 23.5 Å².